The lowest BCUT2D eigenvalue weighted by Gasteiger charge is -2.34. The first-order valence-electron chi connectivity index (χ1n) is 8.74. The maximum Gasteiger partial charge on any atom is 0.0827 e. The van der Waals surface area contributed by atoms with E-state index in [1.165, 1.54) is 5.57 Å². The van der Waals surface area contributed by atoms with Gasteiger partial charge >= 0.3 is 0 Å². The SMILES string of the molecule is CN1C/C(=C\c2ccccc2Cl)C2=NN(C)[C@H](c3ccccc3Cl)[C@H]2C1. The molecule has 2 atom stereocenters. The van der Waals surface area contributed by atoms with Crippen molar-refractivity contribution in [1.29, 1.82) is 0 Å². The van der Waals surface area contributed by atoms with Crippen LogP contribution in [0.15, 0.2) is 59.2 Å². The van der Waals surface area contributed by atoms with Crippen LogP contribution in [0.1, 0.15) is 17.2 Å². The molecule has 26 heavy (non-hydrogen) atoms. The van der Waals surface area contributed by atoms with Crippen molar-refractivity contribution in [3.05, 3.63) is 75.3 Å². The van der Waals surface area contributed by atoms with Crippen LogP contribution in [0.5, 0.6) is 0 Å². The Morgan fingerprint density at radius 2 is 1.69 bits per heavy atom. The lowest BCUT2D eigenvalue weighted by molar-refractivity contribution is 0.211. The van der Waals surface area contributed by atoms with Gasteiger partial charge in [-0.3, -0.25) is 5.01 Å². The maximum absolute atomic E-state index is 6.50. The largest absolute Gasteiger partial charge is 0.301 e. The van der Waals surface area contributed by atoms with Gasteiger partial charge in [0.05, 0.1) is 11.8 Å². The fourth-order valence-corrected chi connectivity index (χ4v) is 4.45. The topological polar surface area (TPSA) is 18.8 Å². The standard InChI is InChI=1S/C21H21Cl2N3/c1-25-12-15(11-14-7-3-5-9-18(14)22)20-17(13-25)21(26(2)24-20)16-8-4-6-10-19(16)23/h3-11,17,21H,12-13H2,1-2H3/b15-11+/t17-,21+/m0/s1. The van der Waals surface area contributed by atoms with Crippen LogP contribution in [-0.2, 0) is 0 Å². The molecular formula is C21H21Cl2N3. The molecule has 5 heteroatoms. The number of benzene rings is 2. The minimum Gasteiger partial charge on any atom is -0.301 e. The summed E-state index contributed by atoms with van der Waals surface area (Å²) >= 11 is 12.9. The van der Waals surface area contributed by atoms with E-state index in [4.69, 9.17) is 28.3 Å². The second-order valence-electron chi connectivity index (χ2n) is 7.02. The second kappa shape index (κ2) is 7.07. The number of piperidine rings is 1. The van der Waals surface area contributed by atoms with Crippen molar-refractivity contribution >= 4 is 35.0 Å². The second-order valence-corrected chi connectivity index (χ2v) is 7.83. The Balaban J connectivity index is 1.74. The van der Waals surface area contributed by atoms with Crippen molar-refractivity contribution in [2.24, 2.45) is 11.0 Å². The zero-order valence-electron chi connectivity index (χ0n) is 14.9. The van der Waals surface area contributed by atoms with Crippen molar-refractivity contribution < 1.29 is 0 Å². The molecule has 0 amide bonds. The molecule has 3 nitrogen and oxygen atoms in total. The molecule has 0 aliphatic carbocycles. The van der Waals surface area contributed by atoms with Gasteiger partial charge in [0.1, 0.15) is 0 Å². The molecule has 0 saturated carbocycles. The highest BCUT2D eigenvalue weighted by molar-refractivity contribution is 6.32. The lowest BCUT2D eigenvalue weighted by Crippen LogP contribution is -2.41. The number of hydrogen-bond acceptors (Lipinski definition) is 3. The number of likely N-dealkylation sites (tertiary alicyclic amines) is 1. The molecule has 0 radical (unpaired) electrons. The van der Waals surface area contributed by atoms with E-state index >= 15 is 0 Å². The number of hydrazone groups is 1. The van der Waals surface area contributed by atoms with Crippen LogP contribution in [0.4, 0.5) is 0 Å². The predicted molar refractivity (Wildman–Crippen MR) is 110 cm³/mol. The zero-order chi connectivity index (χ0) is 18.3. The third kappa shape index (κ3) is 3.16. The minimum atomic E-state index is 0.149. The Morgan fingerprint density at radius 3 is 2.42 bits per heavy atom. The zero-order valence-corrected chi connectivity index (χ0v) is 16.4. The monoisotopic (exact) mass is 385 g/mol. The Kier molecular flexibility index (Phi) is 4.78. The van der Waals surface area contributed by atoms with Gasteiger partial charge in [-0.15, -0.1) is 0 Å². The van der Waals surface area contributed by atoms with Gasteiger partial charge in [-0.1, -0.05) is 59.6 Å². The van der Waals surface area contributed by atoms with Gasteiger partial charge in [-0.25, -0.2) is 0 Å². The van der Waals surface area contributed by atoms with Crippen molar-refractivity contribution in [2.75, 3.05) is 27.2 Å². The van der Waals surface area contributed by atoms with Gasteiger partial charge in [0.25, 0.3) is 0 Å². The number of fused-ring (bicyclic) bond motifs is 1. The van der Waals surface area contributed by atoms with E-state index in [0.717, 1.165) is 40.0 Å². The van der Waals surface area contributed by atoms with Gasteiger partial charge in [-0.05, 0) is 42.0 Å². The fraction of sp³-hybridized carbons (Fsp3) is 0.286. The summed E-state index contributed by atoms with van der Waals surface area (Å²) in [6, 6.07) is 16.2. The van der Waals surface area contributed by atoms with Gasteiger partial charge < -0.3 is 4.90 Å². The molecule has 0 N–H and O–H groups in total. The molecule has 1 fully saturated rings. The fourth-order valence-electron chi connectivity index (χ4n) is 4.01. The average molecular weight is 386 g/mol. The van der Waals surface area contributed by atoms with Gasteiger partial charge in [0, 0.05) is 36.1 Å². The van der Waals surface area contributed by atoms with E-state index in [0.29, 0.717) is 0 Å². The van der Waals surface area contributed by atoms with Crippen molar-refractivity contribution in [2.45, 2.75) is 6.04 Å². The highest BCUT2D eigenvalue weighted by atomic mass is 35.5. The van der Waals surface area contributed by atoms with E-state index in [2.05, 4.69) is 29.1 Å². The number of hydrogen-bond donors (Lipinski definition) is 0. The highest BCUT2D eigenvalue weighted by Crippen LogP contribution is 2.41. The van der Waals surface area contributed by atoms with E-state index < -0.39 is 0 Å². The molecule has 2 heterocycles. The summed E-state index contributed by atoms with van der Waals surface area (Å²) in [6.07, 6.45) is 2.17. The van der Waals surface area contributed by atoms with Crippen LogP contribution in [-0.4, -0.2) is 42.8 Å². The Hall–Kier alpha value is -1.81. The van der Waals surface area contributed by atoms with Crippen molar-refractivity contribution in [1.82, 2.24) is 9.91 Å². The van der Waals surface area contributed by atoms with Crippen LogP contribution < -0.4 is 0 Å². The van der Waals surface area contributed by atoms with Gasteiger partial charge in [0.2, 0.25) is 0 Å². The van der Waals surface area contributed by atoms with Gasteiger partial charge in [-0.2, -0.15) is 5.10 Å². The summed E-state index contributed by atoms with van der Waals surface area (Å²) < 4.78 is 0. The number of likely N-dealkylation sites (N-methyl/N-ethyl adjacent to an activating group) is 1. The molecule has 2 aromatic carbocycles. The van der Waals surface area contributed by atoms with E-state index in [1.54, 1.807) is 0 Å². The van der Waals surface area contributed by atoms with Gasteiger partial charge in [0.15, 0.2) is 0 Å². The first-order valence-corrected chi connectivity index (χ1v) is 9.50. The normalized spacial score (nSPS) is 24.7. The minimum absolute atomic E-state index is 0.149. The smallest absolute Gasteiger partial charge is 0.0827 e. The summed E-state index contributed by atoms with van der Waals surface area (Å²) in [4.78, 5) is 2.34. The Morgan fingerprint density at radius 1 is 1.00 bits per heavy atom. The third-order valence-electron chi connectivity index (χ3n) is 5.14. The maximum atomic E-state index is 6.50. The molecule has 4 rings (SSSR count). The lowest BCUT2D eigenvalue weighted by atomic mass is 9.83. The molecule has 0 spiro atoms. The van der Waals surface area contributed by atoms with Crippen LogP contribution in [0.2, 0.25) is 10.0 Å². The number of halogens is 2. The summed E-state index contributed by atoms with van der Waals surface area (Å²) in [7, 11) is 4.19. The molecule has 2 aliphatic rings. The summed E-state index contributed by atoms with van der Waals surface area (Å²) in [5.74, 6) is 0.285. The first kappa shape index (κ1) is 17.6. The van der Waals surface area contributed by atoms with E-state index in [9.17, 15) is 0 Å². The molecule has 0 bridgehead atoms. The van der Waals surface area contributed by atoms with Crippen LogP contribution in [0, 0.1) is 5.92 Å². The molecule has 0 aromatic heterocycles. The van der Waals surface area contributed by atoms with Crippen LogP contribution >= 0.6 is 23.2 Å². The predicted octanol–water partition coefficient (Wildman–Crippen LogP) is 4.98. The molecule has 0 unspecified atom stereocenters. The van der Waals surface area contributed by atoms with Crippen molar-refractivity contribution in [3.63, 3.8) is 0 Å². The Bertz CT molecular complexity index is 890. The number of nitrogens with zero attached hydrogens (tertiary/aromatic N) is 3. The highest BCUT2D eigenvalue weighted by Gasteiger charge is 2.42. The quantitative estimate of drug-likeness (QED) is 0.725. The van der Waals surface area contributed by atoms with Crippen molar-refractivity contribution in [3.8, 4) is 0 Å². The first-order chi connectivity index (χ1) is 12.5. The van der Waals surface area contributed by atoms with Crippen LogP contribution in [0.3, 0.4) is 0 Å². The molecule has 1 saturated heterocycles. The molecule has 134 valence electrons. The summed E-state index contributed by atoms with van der Waals surface area (Å²) in [5.41, 5.74) is 4.53. The van der Waals surface area contributed by atoms with Crippen LogP contribution in [0.25, 0.3) is 6.08 Å². The average Bonchev–Trinajstić information content (AvgIpc) is 2.93. The Labute approximate surface area is 164 Å². The summed E-state index contributed by atoms with van der Waals surface area (Å²) in [6.45, 7) is 1.82. The van der Waals surface area contributed by atoms with E-state index in [1.807, 2.05) is 49.5 Å². The third-order valence-corrected chi connectivity index (χ3v) is 5.83. The van der Waals surface area contributed by atoms with E-state index in [-0.39, 0.29) is 12.0 Å². The molecule has 2 aromatic rings. The summed E-state index contributed by atoms with van der Waals surface area (Å²) in [5, 5.41) is 8.52. The number of rotatable bonds is 2. The molecular weight excluding hydrogens is 365 g/mol. The molecule has 2 aliphatic heterocycles.